The van der Waals surface area contributed by atoms with Gasteiger partial charge in [-0.2, -0.15) is 0 Å². The molecule has 1 saturated carbocycles. The number of carbonyl (C=O) groups is 1. The van der Waals surface area contributed by atoms with Crippen molar-refractivity contribution < 1.29 is 14.3 Å². The molecule has 2 aromatic rings. The quantitative estimate of drug-likeness (QED) is 0.421. The summed E-state index contributed by atoms with van der Waals surface area (Å²) in [5.41, 5.74) is 2.87. The number of carbonyl (C=O) groups excluding carboxylic acids is 1. The van der Waals surface area contributed by atoms with Gasteiger partial charge in [0.1, 0.15) is 5.75 Å². The highest BCUT2D eigenvalue weighted by Gasteiger charge is 2.29. The Hall–Kier alpha value is -1.11. The first-order valence-corrected chi connectivity index (χ1v) is 10.9. The number of nitrogens with zero attached hydrogens (tertiary/aromatic N) is 1. The summed E-state index contributed by atoms with van der Waals surface area (Å²) in [5.74, 6) is 0.564. The molecule has 1 fully saturated rings. The van der Waals surface area contributed by atoms with Crippen LogP contribution in [0.15, 0.2) is 18.2 Å². The maximum atomic E-state index is 11.8. The molecule has 2 aromatic heterocycles. The fourth-order valence-corrected chi connectivity index (χ4v) is 5.19. The molecule has 26 heavy (non-hydrogen) atoms. The molecule has 0 aliphatic heterocycles. The molecule has 0 bridgehead atoms. The van der Waals surface area contributed by atoms with Crippen LogP contribution in [0, 0.1) is 12.8 Å². The minimum Gasteiger partial charge on any atom is -0.489 e. The number of hydrogen-bond donors (Lipinski definition) is 0. The Bertz CT molecular complexity index is 795. The van der Waals surface area contributed by atoms with E-state index in [1.165, 1.54) is 18.4 Å². The van der Waals surface area contributed by atoms with E-state index in [-0.39, 0.29) is 18.0 Å². The Morgan fingerprint density at radius 2 is 2.23 bits per heavy atom. The lowest BCUT2D eigenvalue weighted by molar-refractivity contribution is -0.147. The zero-order chi connectivity index (χ0) is 18.7. The number of ether oxygens (including phenoxy) is 2. The van der Waals surface area contributed by atoms with Crippen LogP contribution in [-0.2, 0) is 14.9 Å². The van der Waals surface area contributed by atoms with Crippen LogP contribution in [0.5, 0.6) is 5.75 Å². The first kappa shape index (κ1) is 19.6. The second kappa shape index (κ2) is 8.72. The van der Waals surface area contributed by atoms with Gasteiger partial charge in [0.2, 0.25) is 0 Å². The highest BCUT2D eigenvalue weighted by Crippen LogP contribution is 2.37. The predicted molar refractivity (Wildman–Crippen MR) is 108 cm³/mol. The van der Waals surface area contributed by atoms with Crippen molar-refractivity contribution in [1.29, 1.82) is 0 Å². The van der Waals surface area contributed by atoms with Crippen molar-refractivity contribution in [2.45, 2.75) is 44.0 Å². The van der Waals surface area contributed by atoms with Gasteiger partial charge in [-0.05, 0) is 56.4 Å². The number of aromatic nitrogens is 1. The van der Waals surface area contributed by atoms with Crippen molar-refractivity contribution in [2.75, 3.05) is 7.11 Å². The second-order valence-electron chi connectivity index (χ2n) is 6.45. The summed E-state index contributed by atoms with van der Waals surface area (Å²) in [4.78, 5) is 17.6. The number of hydrogen-bond acceptors (Lipinski definition) is 5. The highest BCUT2D eigenvalue weighted by atomic mass is 79.9. The van der Waals surface area contributed by atoms with Gasteiger partial charge in [0.05, 0.1) is 39.7 Å². The molecule has 0 spiro atoms. The minimum atomic E-state index is -0.139. The Labute approximate surface area is 171 Å². The monoisotopic (exact) mass is 457 g/mol. The van der Waals surface area contributed by atoms with Crippen LogP contribution in [0.25, 0.3) is 10.6 Å². The maximum absolute atomic E-state index is 11.8. The van der Waals surface area contributed by atoms with Crippen molar-refractivity contribution in [3.8, 4) is 16.3 Å². The predicted octanol–water partition coefficient (Wildman–Crippen LogP) is 5.78. The lowest BCUT2D eigenvalue weighted by Gasteiger charge is -2.28. The molecule has 0 unspecified atom stereocenters. The second-order valence-corrected chi connectivity index (χ2v) is 8.69. The van der Waals surface area contributed by atoms with Crippen molar-refractivity contribution in [3.63, 3.8) is 0 Å². The summed E-state index contributed by atoms with van der Waals surface area (Å²) < 4.78 is 11.8. The summed E-state index contributed by atoms with van der Waals surface area (Å²) in [7, 11) is 1.44. The molecule has 7 heteroatoms. The number of aryl methyl sites for hydroxylation is 1. The summed E-state index contributed by atoms with van der Waals surface area (Å²) >= 11 is 11.2. The Balaban J connectivity index is 1.75. The van der Waals surface area contributed by atoms with Crippen molar-refractivity contribution in [3.05, 3.63) is 33.8 Å². The van der Waals surface area contributed by atoms with Crippen molar-refractivity contribution in [1.82, 2.24) is 4.98 Å². The standard InChI is InChI=1S/C19H21BrClNO3S/c1-11-16(25-14-5-3-4-12(8-14)19(23)24-2)7-6-15(22-11)18-13(10-20)9-17(21)26-18/h6-7,9,12,14H,3-5,8,10H2,1-2H3/t12-,14-/m0/s1. The minimum absolute atomic E-state index is 0.0217. The van der Waals surface area contributed by atoms with Gasteiger partial charge in [-0.25, -0.2) is 4.98 Å². The molecule has 140 valence electrons. The van der Waals surface area contributed by atoms with Gasteiger partial charge in [0.25, 0.3) is 0 Å². The number of esters is 1. The van der Waals surface area contributed by atoms with Crippen LogP contribution in [-0.4, -0.2) is 24.2 Å². The van der Waals surface area contributed by atoms with Crippen molar-refractivity contribution >= 4 is 44.8 Å². The summed E-state index contributed by atoms with van der Waals surface area (Å²) in [6.45, 7) is 1.95. The lowest BCUT2D eigenvalue weighted by atomic mass is 9.87. The van der Waals surface area contributed by atoms with Gasteiger partial charge in [-0.3, -0.25) is 4.79 Å². The first-order valence-electron chi connectivity index (χ1n) is 8.58. The van der Waals surface area contributed by atoms with Gasteiger partial charge in [-0.1, -0.05) is 27.5 Å². The fraction of sp³-hybridized carbons (Fsp3) is 0.474. The van der Waals surface area contributed by atoms with Gasteiger partial charge < -0.3 is 9.47 Å². The van der Waals surface area contributed by atoms with E-state index in [4.69, 9.17) is 26.1 Å². The van der Waals surface area contributed by atoms with Crippen LogP contribution in [0.1, 0.15) is 36.9 Å². The zero-order valence-electron chi connectivity index (χ0n) is 14.8. The van der Waals surface area contributed by atoms with Gasteiger partial charge in [0, 0.05) is 5.33 Å². The van der Waals surface area contributed by atoms with E-state index in [0.29, 0.717) is 6.42 Å². The van der Waals surface area contributed by atoms with E-state index in [9.17, 15) is 4.79 Å². The molecule has 1 aliphatic carbocycles. The van der Waals surface area contributed by atoms with E-state index >= 15 is 0 Å². The SMILES string of the molecule is COC(=O)[C@H]1CCC[C@H](Oc2ccc(-c3sc(Cl)cc3CBr)nc2C)C1. The number of methoxy groups -OCH3 is 1. The Kier molecular flexibility index (Phi) is 6.59. The molecule has 2 heterocycles. The average Bonchev–Trinajstić information content (AvgIpc) is 3.04. The van der Waals surface area contributed by atoms with E-state index in [1.54, 1.807) is 0 Å². The molecule has 0 amide bonds. The third kappa shape index (κ3) is 4.41. The maximum Gasteiger partial charge on any atom is 0.308 e. The van der Waals surface area contributed by atoms with E-state index < -0.39 is 0 Å². The third-order valence-electron chi connectivity index (χ3n) is 4.65. The van der Waals surface area contributed by atoms with Crippen LogP contribution < -0.4 is 4.74 Å². The molecule has 0 saturated heterocycles. The van der Waals surface area contributed by atoms with Gasteiger partial charge in [0.15, 0.2) is 0 Å². The first-order chi connectivity index (χ1) is 12.5. The lowest BCUT2D eigenvalue weighted by Crippen LogP contribution is -2.30. The average molecular weight is 459 g/mol. The number of thiophene rings is 1. The smallest absolute Gasteiger partial charge is 0.308 e. The number of alkyl halides is 1. The molecule has 1 aliphatic rings. The molecule has 0 N–H and O–H groups in total. The molecule has 3 rings (SSSR count). The third-order valence-corrected chi connectivity index (χ3v) is 6.58. The van der Waals surface area contributed by atoms with Crippen molar-refractivity contribution in [2.24, 2.45) is 5.92 Å². The molecular weight excluding hydrogens is 438 g/mol. The molecule has 0 aromatic carbocycles. The summed E-state index contributed by atoms with van der Waals surface area (Å²) in [5, 5.41) is 0.738. The molecular formula is C19H21BrClNO3S. The molecule has 0 radical (unpaired) electrons. The van der Waals surface area contributed by atoms with Crippen LogP contribution in [0.4, 0.5) is 0 Å². The number of rotatable bonds is 5. The number of halogens is 2. The van der Waals surface area contributed by atoms with Gasteiger partial charge in [-0.15, -0.1) is 11.3 Å². The number of pyridine rings is 1. The van der Waals surface area contributed by atoms with Crippen LogP contribution in [0.2, 0.25) is 4.34 Å². The largest absolute Gasteiger partial charge is 0.489 e. The van der Waals surface area contributed by atoms with Gasteiger partial charge >= 0.3 is 5.97 Å². The van der Waals surface area contributed by atoms with E-state index in [1.807, 2.05) is 25.1 Å². The van der Waals surface area contributed by atoms with E-state index in [2.05, 4.69) is 15.9 Å². The Morgan fingerprint density at radius 1 is 1.42 bits per heavy atom. The van der Waals surface area contributed by atoms with Crippen LogP contribution in [0.3, 0.4) is 0 Å². The van der Waals surface area contributed by atoms with E-state index in [0.717, 1.165) is 56.5 Å². The summed E-state index contributed by atoms with van der Waals surface area (Å²) in [6, 6.07) is 5.90. The van der Waals surface area contributed by atoms with Crippen LogP contribution >= 0.6 is 38.9 Å². The zero-order valence-corrected chi connectivity index (χ0v) is 17.9. The summed E-state index contributed by atoms with van der Waals surface area (Å²) in [6.07, 6.45) is 3.51. The molecule has 4 nitrogen and oxygen atoms in total. The Morgan fingerprint density at radius 3 is 2.92 bits per heavy atom. The highest BCUT2D eigenvalue weighted by molar-refractivity contribution is 9.08. The molecule has 2 atom stereocenters. The fourth-order valence-electron chi connectivity index (χ4n) is 3.32. The normalized spacial score (nSPS) is 20.0. The topological polar surface area (TPSA) is 48.4 Å².